The summed E-state index contributed by atoms with van der Waals surface area (Å²) in [6.07, 6.45) is -1.57. The maximum atomic E-state index is 15.2. The number of benzene rings is 1. The lowest BCUT2D eigenvalue weighted by atomic mass is 9.77. The van der Waals surface area contributed by atoms with Crippen LogP contribution in [0.25, 0.3) is 0 Å². The summed E-state index contributed by atoms with van der Waals surface area (Å²) in [7, 11) is 0. The monoisotopic (exact) mass is 519 g/mol. The number of hydrogen-bond acceptors (Lipinski definition) is 2. The first-order valence-electron chi connectivity index (χ1n) is 12.8. The second-order valence-electron chi connectivity index (χ2n) is 12.7. The van der Waals surface area contributed by atoms with Gasteiger partial charge in [-0.05, 0) is 54.2 Å². The van der Waals surface area contributed by atoms with Crippen LogP contribution < -0.4 is 0 Å². The van der Waals surface area contributed by atoms with Crippen LogP contribution in [0.15, 0.2) is 24.3 Å². The summed E-state index contributed by atoms with van der Waals surface area (Å²) in [6, 6.07) is 3.24. The van der Waals surface area contributed by atoms with Crippen molar-refractivity contribution in [1.82, 2.24) is 4.90 Å². The van der Waals surface area contributed by atoms with Gasteiger partial charge in [0.2, 0.25) is 0 Å². The highest BCUT2D eigenvalue weighted by molar-refractivity contribution is 5.67. The molecule has 1 aromatic carbocycles. The molecule has 0 aliphatic carbocycles. The van der Waals surface area contributed by atoms with Gasteiger partial charge in [0.15, 0.2) is 0 Å². The fraction of sp³-hybridized carbons (Fsp3) is 0.750. The first-order valence-corrected chi connectivity index (χ1v) is 12.8. The lowest BCUT2D eigenvalue weighted by Gasteiger charge is -2.49. The van der Waals surface area contributed by atoms with Gasteiger partial charge in [-0.3, -0.25) is 9.69 Å². The predicted molar refractivity (Wildman–Crippen MR) is 132 cm³/mol. The number of carbonyl (C=O) groups is 1. The molecule has 0 radical (unpaired) electrons. The summed E-state index contributed by atoms with van der Waals surface area (Å²) < 4.78 is 69.9. The summed E-state index contributed by atoms with van der Waals surface area (Å²) in [5, 5.41) is 9.48. The van der Waals surface area contributed by atoms with E-state index in [1.54, 1.807) is 0 Å². The van der Waals surface area contributed by atoms with Gasteiger partial charge in [0.05, 0.1) is 17.9 Å². The quantitative estimate of drug-likeness (QED) is 0.332. The standard InChI is InChI=1S/C28H42F5NO2/c1-25(2,3)14-7-8-21(13-15-26(4,5)6)34-17-16-27(29,30)22(18-23(35)36)24(34)19-9-11-20(12-10-19)28(31,32)33/h9-12,21-22,24H,7-8,13-18H2,1-6H3,(H,35,36). The van der Waals surface area contributed by atoms with E-state index >= 15 is 8.78 Å². The Bertz CT molecular complexity index is 853. The van der Waals surface area contributed by atoms with Gasteiger partial charge in [0.1, 0.15) is 0 Å². The number of carboxylic acid groups (broad SMARTS) is 1. The van der Waals surface area contributed by atoms with Gasteiger partial charge in [0.25, 0.3) is 5.92 Å². The lowest BCUT2D eigenvalue weighted by molar-refractivity contribution is -0.163. The highest BCUT2D eigenvalue weighted by atomic mass is 19.4. The third kappa shape index (κ3) is 9.00. The minimum absolute atomic E-state index is 0.0202. The van der Waals surface area contributed by atoms with E-state index < -0.39 is 48.4 Å². The number of nitrogens with zero attached hydrogens (tertiary/aromatic N) is 1. The molecule has 1 N–H and O–H groups in total. The third-order valence-corrected chi connectivity index (χ3v) is 7.12. The number of halogens is 5. The summed E-state index contributed by atoms with van der Waals surface area (Å²) in [5.41, 5.74) is -0.413. The topological polar surface area (TPSA) is 40.5 Å². The molecular formula is C28H42F5NO2. The normalized spacial score (nSPS) is 22.4. The van der Waals surface area contributed by atoms with E-state index in [0.29, 0.717) is 5.56 Å². The molecule has 1 fully saturated rings. The molecule has 8 heteroatoms. The summed E-state index contributed by atoms with van der Waals surface area (Å²) in [4.78, 5) is 13.6. The van der Waals surface area contributed by atoms with E-state index in [2.05, 4.69) is 41.5 Å². The number of hydrogen-bond donors (Lipinski definition) is 1. The van der Waals surface area contributed by atoms with Crippen molar-refractivity contribution < 1.29 is 31.9 Å². The molecule has 3 unspecified atom stereocenters. The Kier molecular flexibility index (Phi) is 9.63. The SMILES string of the molecule is CC(C)(C)CCCC(CCC(C)(C)C)N1CCC(F)(F)C(CC(=O)O)C1c1ccc(C(F)(F)F)cc1. The molecule has 0 spiro atoms. The Morgan fingerprint density at radius 3 is 2.03 bits per heavy atom. The van der Waals surface area contributed by atoms with Crippen LogP contribution in [0.1, 0.15) is 104 Å². The first kappa shape index (κ1) is 30.5. The molecule has 0 bridgehead atoms. The number of alkyl halides is 5. The summed E-state index contributed by atoms with van der Waals surface area (Å²) in [6.45, 7) is 12.9. The molecule has 36 heavy (non-hydrogen) atoms. The maximum absolute atomic E-state index is 15.2. The maximum Gasteiger partial charge on any atom is 0.416 e. The van der Waals surface area contributed by atoms with Gasteiger partial charge < -0.3 is 5.11 Å². The Morgan fingerprint density at radius 2 is 1.56 bits per heavy atom. The fourth-order valence-corrected chi connectivity index (χ4v) is 5.16. The van der Waals surface area contributed by atoms with Crippen LogP contribution in [-0.4, -0.2) is 34.5 Å². The van der Waals surface area contributed by atoms with Crippen LogP contribution in [0.5, 0.6) is 0 Å². The van der Waals surface area contributed by atoms with E-state index in [0.717, 1.165) is 44.2 Å². The number of carboxylic acids is 1. The lowest BCUT2D eigenvalue weighted by Crippen LogP contribution is -2.53. The largest absolute Gasteiger partial charge is 0.481 e. The molecule has 206 valence electrons. The molecule has 1 aliphatic rings. The van der Waals surface area contributed by atoms with E-state index in [1.807, 2.05) is 4.90 Å². The molecule has 1 saturated heterocycles. The van der Waals surface area contributed by atoms with Gasteiger partial charge in [0, 0.05) is 25.0 Å². The summed E-state index contributed by atoms with van der Waals surface area (Å²) in [5.74, 6) is -6.10. The highest BCUT2D eigenvalue weighted by Crippen LogP contribution is 2.49. The van der Waals surface area contributed by atoms with Crippen molar-refractivity contribution >= 4 is 5.97 Å². The number of aliphatic carboxylic acids is 1. The second-order valence-corrected chi connectivity index (χ2v) is 12.7. The molecule has 1 heterocycles. The number of piperidine rings is 1. The Balaban J connectivity index is 2.51. The fourth-order valence-electron chi connectivity index (χ4n) is 5.16. The average molecular weight is 520 g/mol. The van der Waals surface area contributed by atoms with Crippen LogP contribution in [-0.2, 0) is 11.0 Å². The molecule has 2 rings (SSSR count). The van der Waals surface area contributed by atoms with Gasteiger partial charge in [-0.25, -0.2) is 8.78 Å². The molecular weight excluding hydrogens is 477 g/mol. The van der Waals surface area contributed by atoms with E-state index in [9.17, 15) is 23.1 Å². The van der Waals surface area contributed by atoms with Crippen LogP contribution in [0.4, 0.5) is 22.0 Å². The van der Waals surface area contributed by atoms with Crippen molar-refractivity contribution in [2.24, 2.45) is 16.7 Å². The molecule has 1 aromatic rings. The van der Waals surface area contributed by atoms with Crippen molar-refractivity contribution in [3.63, 3.8) is 0 Å². The Morgan fingerprint density at radius 1 is 1.00 bits per heavy atom. The molecule has 0 aromatic heterocycles. The Labute approximate surface area is 212 Å². The minimum Gasteiger partial charge on any atom is -0.481 e. The smallest absolute Gasteiger partial charge is 0.416 e. The zero-order chi connectivity index (χ0) is 27.5. The zero-order valence-corrected chi connectivity index (χ0v) is 22.4. The highest BCUT2D eigenvalue weighted by Gasteiger charge is 2.52. The van der Waals surface area contributed by atoms with E-state index in [4.69, 9.17) is 0 Å². The summed E-state index contributed by atoms with van der Waals surface area (Å²) >= 11 is 0. The van der Waals surface area contributed by atoms with E-state index in [-0.39, 0.29) is 23.4 Å². The zero-order valence-electron chi connectivity index (χ0n) is 22.4. The van der Waals surface area contributed by atoms with Crippen molar-refractivity contribution in [2.45, 2.75) is 111 Å². The molecule has 3 nitrogen and oxygen atoms in total. The van der Waals surface area contributed by atoms with Crippen molar-refractivity contribution in [2.75, 3.05) is 6.54 Å². The third-order valence-electron chi connectivity index (χ3n) is 7.12. The molecule has 0 amide bonds. The number of rotatable bonds is 9. The van der Waals surface area contributed by atoms with Crippen molar-refractivity contribution in [1.29, 1.82) is 0 Å². The van der Waals surface area contributed by atoms with Gasteiger partial charge in [-0.2, -0.15) is 13.2 Å². The number of likely N-dealkylation sites (tertiary alicyclic amines) is 1. The molecule has 3 atom stereocenters. The van der Waals surface area contributed by atoms with Gasteiger partial charge in [-0.15, -0.1) is 0 Å². The van der Waals surface area contributed by atoms with E-state index in [1.165, 1.54) is 12.1 Å². The van der Waals surface area contributed by atoms with Crippen LogP contribution in [0.3, 0.4) is 0 Å². The predicted octanol–water partition coefficient (Wildman–Crippen LogP) is 8.59. The Hall–Kier alpha value is -1.70. The van der Waals surface area contributed by atoms with Gasteiger partial charge >= 0.3 is 12.1 Å². The average Bonchev–Trinajstić information content (AvgIpc) is 2.70. The van der Waals surface area contributed by atoms with Crippen molar-refractivity contribution in [3.05, 3.63) is 35.4 Å². The second kappa shape index (κ2) is 11.4. The molecule has 0 saturated carbocycles. The van der Waals surface area contributed by atoms with Gasteiger partial charge in [-0.1, -0.05) is 60.1 Å². The van der Waals surface area contributed by atoms with Crippen molar-refractivity contribution in [3.8, 4) is 0 Å². The van der Waals surface area contributed by atoms with Crippen LogP contribution in [0, 0.1) is 16.7 Å². The molecule has 1 aliphatic heterocycles. The van der Waals surface area contributed by atoms with Crippen LogP contribution >= 0.6 is 0 Å². The minimum atomic E-state index is -4.54. The van der Waals surface area contributed by atoms with Crippen LogP contribution in [0.2, 0.25) is 0 Å². The first-order chi connectivity index (χ1) is 16.3.